The second-order valence-corrected chi connectivity index (χ2v) is 5.89. The van der Waals surface area contributed by atoms with Crippen LogP contribution >= 0.6 is 23.5 Å². The maximum atomic E-state index is 11.9. The third-order valence-corrected chi connectivity index (χ3v) is 4.16. The Morgan fingerprint density at radius 1 is 1.29 bits per heavy atom. The molecule has 1 amide bonds. The summed E-state index contributed by atoms with van der Waals surface area (Å²) in [5.41, 5.74) is 1.17. The zero-order chi connectivity index (χ0) is 12.7. The van der Waals surface area contributed by atoms with Crippen molar-refractivity contribution in [2.24, 2.45) is 0 Å². The molecule has 2 atom stereocenters. The molecule has 0 radical (unpaired) electrons. The number of hydrogen-bond donors (Lipinski definition) is 1. The van der Waals surface area contributed by atoms with Crippen LogP contribution in [0.5, 0.6) is 0 Å². The largest absolute Gasteiger partial charge is 0.348 e. The van der Waals surface area contributed by atoms with Gasteiger partial charge >= 0.3 is 0 Å². The van der Waals surface area contributed by atoms with Crippen molar-refractivity contribution < 1.29 is 4.79 Å². The molecule has 1 aromatic carbocycles. The standard InChI is InChI=1S/C13H19NOS2/c1-10(17-3)13(15)14-12(9-16-2)11-7-5-4-6-8-11/h4-8,10,12H,9H2,1-3H3,(H,14,15)/t10-,12-/m1/s1. The minimum absolute atomic E-state index is 0.00284. The van der Waals surface area contributed by atoms with Crippen molar-refractivity contribution in [2.45, 2.75) is 18.2 Å². The van der Waals surface area contributed by atoms with E-state index in [1.54, 1.807) is 23.5 Å². The van der Waals surface area contributed by atoms with Crippen LogP contribution in [0.2, 0.25) is 0 Å². The molecule has 0 aliphatic rings. The topological polar surface area (TPSA) is 29.1 Å². The van der Waals surface area contributed by atoms with Crippen molar-refractivity contribution in [3.63, 3.8) is 0 Å². The molecule has 0 saturated heterocycles. The molecule has 0 aliphatic heterocycles. The fourth-order valence-corrected chi connectivity index (χ4v) is 2.36. The fraction of sp³-hybridized carbons (Fsp3) is 0.462. The van der Waals surface area contributed by atoms with Crippen molar-refractivity contribution in [3.8, 4) is 0 Å². The van der Waals surface area contributed by atoms with Gasteiger partial charge in [-0.25, -0.2) is 0 Å². The van der Waals surface area contributed by atoms with Crippen LogP contribution in [-0.2, 0) is 4.79 Å². The lowest BCUT2D eigenvalue weighted by atomic mass is 10.1. The molecule has 0 heterocycles. The van der Waals surface area contributed by atoms with Gasteiger partial charge in [-0.3, -0.25) is 4.79 Å². The van der Waals surface area contributed by atoms with Gasteiger partial charge in [0.15, 0.2) is 0 Å². The van der Waals surface area contributed by atoms with Gasteiger partial charge < -0.3 is 5.32 Å². The maximum Gasteiger partial charge on any atom is 0.233 e. The number of nitrogens with one attached hydrogen (secondary N) is 1. The number of carbonyl (C=O) groups excluding carboxylic acids is 1. The van der Waals surface area contributed by atoms with E-state index in [0.717, 1.165) is 5.75 Å². The predicted molar refractivity (Wildman–Crippen MR) is 78.7 cm³/mol. The normalized spacial score (nSPS) is 14.1. The molecule has 0 aromatic heterocycles. The van der Waals surface area contributed by atoms with E-state index in [0.29, 0.717) is 0 Å². The first-order chi connectivity index (χ1) is 8.19. The molecule has 0 saturated carbocycles. The minimum atomic E-state index is 0.00284. The van der Waals surface area contributed by atoms with Crippen LogP contribution in [0.3, 0.4) is 0 Å². The zero-order valence-corrected chi connectivity index (χ0v) is 12.1. The summed E-state index contributed by atoms with van der Waals surface area (Å²) in [6.45, 7) is 1.93. The first-order valence-corrected chi connectivity index (χ1v) is 8.24. The molecule has 94 valence electrons. The molecule has 2 nitrogen and oxygen atoms in total. The lowest BCUT2D eigenvalue weighted by molar-refractivity contribution is -0.120. The second kappa shape index (κ2) is 7.67. The molecule has 0 aliphatic carbocycles. The highest BCUT2D eigenvalue weighted by Gasteiger charge is 2.17. The summed E-state index contributed by atoms with van der Waals surface area (Å²) >= 11 is 3.31. The number of rotatable bonds is 6. The van der Waals surface area contributed by atoms with Gasteiger partial charge in [0.1, 0.15) is 0 Å². The molecule has 0 spiro atoms. The van der Waals surface area contributed by atoms with Crippen LogP contribution < -0.4 is 5.32 Å². The molecule has 1 rings (SSSR count). The van der Waals surface area contributed by atoms with E-state index in [1.165, 1.54) is 5.56 Å². The van der Waals surface area contributed by atoms with E-state index in [-0.39, 0.29) is 17.2 Å². The van der Waals surface area contributed by atoms with Crippen LogP contribution in [-0.4, -0.2) is 29.4 Å². The SMILES string of the molecule is CSC[C@@H](NC(=O)[C@@H](C)SC)c1ccccc1. The van der Waals surface area contributed by atoms with E-state index in [2.05, 4.69) is 23.7 Å². The van der Waals surface area contributed by atoms with E-state index in [9.17, 15) is 4.79 Å². The second-order valence-electron chi connectivity index (χ2n) is 3.81. The van der Waals surface area contributed by atoms with Crippen LogP contribution in [0.4, 0.5) is 0 Å². The zero-order valence-electron chi connectivity index (χ0n) is 10.5. The molecule has 4 heteroatoms. The summed E-state index contributed by atoms with van der Waals surface area (Å²) in [6.07, 6.45) is 4.01. The van der Waals surface area contributed by atoms with E-state index >= 15 is 0 Å². The molecule has 0 fully saturated rings. The van der Waals surface area contributed by atoms with Crippen LogP contribution in [0.25, 0.3) is 0 Å². The van der Waals surface area contributed by atoms with E-state index in [1.807, 2.05) is 31.4 Å². The summed E-state index contributed by atoms with van der Waals surface area (Å²) in [4.78, 5) is 11.9. The molecular weight excluding hydrogens is 250 g/mol. The van der Waals surface area contributed by atoms with Gasteiger partial charge in [0.05, 0.1) is 11.3 Å². The van der Waals surface area contributed by atoms with Crippen LogP contribution in [0, 0.1) is 0 Å². The summed E-state index contributed by atoms with van der Waals surface area (Å²) in [5, 5.41) is 3.11. The lowest BCUT2D eigenvalue weighted by Crippen LogP contribution is -2.35. The van der Waals surface area contributed by atoms with Gasteiger partial charge in [-0.05, 0) is 25.0 Å². The van der Waals surface area contributed by atoms with Gasteiger partial charge in [-0.15, -0.1) is 0 Å². The molecular formula is C13H19NOS2. The molecule has 0 bridgehead atoms. The Balaban J connectivity index is 2.70. The smallest absolute Gasteiger partial charge is 0.233 e. The molecule has 1 N–H and O–H groups in total. The minimum Gasteiger partial charge on any atom is -0.348 e. The highest BCUT2D eigenvalue weighted by molar-refractivity contribution is 7.99. The van der Waals surface area contributed by atoms with Gasteiger partial charge in [-0.1, -0.05) is 30.3 Å². The van der Waals surface area contributed by atoms with Crippen molar-refractivity contribution >= 4 is 29.4 Å². The monoisotopic (exact) mass is 269 g/mol. The highest BCUT2D eigenvalue weighted by Crippen LogP contribution is 2.18. The lowest BCUT2D eigenvalue weighted by Gasteiger charge is -2.20. The Kier molecular flexibility index (Phi) is 6.52. The Morgan fingerprint density at radius 2 is 1.94 bits per heavy atom. The average Bonchev–Trinajstić information content (AvgIpc) is 2.38. The van der Waals surface area contributed by atoms with Gasteiger partial charge in [-0.2, -0.15) is 23.5 Å². The van der Waals surface area contributed by atoms with Crippen molar-refractivity contribution in [1.29, 1.82) is 0 Å². The van der Waals surface area contributed by atoms with Gasteiger partial charge in [0, 0.05) is 5.75 Å². The number of amides is 1. The van der Waals surface area contributed by atoms with Crippen LogP contribution in [0.1, 0.15) is 18.5 Å². The number of thioether (sulfide) groups is 2. The first-order valence-electron chi connectivity index (χ1n) is 5.56. The predicted octanol–water partition coefficient (Wildman–Crippen LogP) is 2.96. The summed E-state index contributed by atoms with van der Waals surface area (Å²) in [5.74, 6) is 1.01. The Hall–Kier alpha value is -0.610. The number of benzene rings is 1. The third kappa shape index (κ3) is 4.64. The number of carbonyl (C=O) groups is 1. The Morgan fingerprint density at radius 3 is 2.47 bits per heavy atom. The first kappa shape index (κ1) is 14.5. The van der Waals surface area contributed by atoms with Crippen molar-refractivity contribution in [1.82, 2.24) is 5.32 Å². The summed E-state index contributed by atoms with van der Waals surface area (Å²) in [7, 11) is 0. The summed E-state index contributed by atoms with van der Waals surface area (Å²) in [6, 6.07) is 10.2. The number of hydrogen-bond acceptors (Lipinski definition) is 3. The highest BCUT2D eigenvalue weighted by atomic mass is 32.2. The maximum absolute atomic E-state index is 11.9. The van der Waals surface area contributed by atoms with E-state index < -0.39 is 0 Å². The average molecular weight is 269 g/mol. The Labute approximate surface area is 112 Å². The Bertz CT molecular complexity index is 343. The van der Waals surface area contributed by atoms with Gasteiger partial charge in [0.2, 0.25) is 5.91 Å². The van der Waals surface area contributed by atoms with Crippen molar-refractivity contribution in [2.75, 3.05) is 18.3 Å². The third-order valence-electron chi connectivity index (χ3n) is 2.57. The fourth-order valence-electron chi connectivity index (χ4n) is 1.47. The van der Waals surface area contributed by atoms with E-state index in [4.69, 9.17) is 0 Å². The van der Waals surface area contributed by atoms with Gasteiger partial charge in [0.25, 0.3) is 0 Å². The summed E-state index contributed by atoms with van der Waals surface area (Å²) < 4.78 is 0. The van der Waals surface area contributed by atoms with Crippen molar-refractivity contribution in [3.05, 3.63) is 35.9 Å². The molecule has 1 aromatic rings. The quantitative estimate of drug-likeness (QED) is 0.861. The molecule has 0 unspecified atom stereocenters. The molecule has 17 heavy (non-hydrogen) atoms. The van der Waals surface area contributed by atoms with Crippen LogP contribution in [0.15, 0.2) is 30.3 Å².